The van der Waals surface area contributed by atoms with Gasteiger partial charge in [-0.05, 0) is 54.4 Å². The fourth-order valence-electron chi connectivity index (χ4n) is 3.53. The second-order valence-electron chi connectivity index (χ2n) is 8.31. The normalized spacial score (nSPS) is 10.4. The zero-order chi connectivity index (χ0) is 25.8. The Hall–Kier alpha value is -4.17. The average Bonchev–Trinajstić information content (AvgIpc) is 2.90. The van der Waals surface area contributed by atoms with Gasteiger partial charge in [-0.25, -0.2) is 0 Å². The molecular weight excluding hydrogens is 456 g/mol. The van der Waals surface area contributed by atoms with Crippen molar-refractivity contribution in [1.82, 2.24) is 10.2 Å². The molecule has 3 N–H and O–H groups in total. The average molecular weight is 489 g/mol. The van der Waals surface area contributed by atoms with E-state index in [0.29, 0.717) is 42.2 Å². The van der Waals surface area contributed by atoms with Crippen LogP contribution in [0.3, 0.4) is 0 Å². The standard InChI is InChI=1S/C28H32N4O4/c1-32(20-21-8-4-3-5-9-21)28(35)23-10-6-11-25(18-23)31-26(33)19-30-24-14-12-22(13-15-24)27(34)29-16-7-17-36-2/h3-6,8-15,18,30H,7,16-17,19-20H2,1-2H3,(H,29,34)(H,31,33). The SMILES string of the molecule is COCCCNC(=O)c1ccc(NCC(=O)Nc2cccc(C(=O)N(C)Cc3ccccc3)c2)cc1. The number of nitrogens with zero attached hydrogens (tertiary/aromatic N) is 1. The van der Waals surface area contributed by atoms with Crippen molar-refractivity contribution in [2.24, 2.45) is 0 Å². The highest BCUT2D eigenvalue weighted by atomic mass is 16.5. The molecule has 3 amide bonds. The maximum Gasteiger partial charge on any atom is 0.253 e. The first-order chi connectivity index (χ1) is 17.5. The first-order valence-electron chi connectivity index (χ1n) is 11.8. The van der Waals surface area contributed by atoms with Crippen LogP contribution in [0, 0.1) is 0 Å². The van der Waals surface area contributed by atoms with Crippen LogP contribution in [-0.4, -0.2) is 56.5 Å². The summed E-state index contributed by atoms with van der Waals surface area (Å²) < 4.78 is 4.97. The number of benzene rings is 3. The number of hydrogen-bond acceptors (Lipinski definition) is 5. The molecule has 8 heteroatoms. The molecule has 0 saturated carbocycles. The van der Waals surface area contributed by atoms with Crippen molar-refractivity contribution in [2.45, 2.75) is 13.0 Å². The molecule has 0 saturated heterocycles. The van der Waals surface area contributed by atoms with Gasteiger partial charge in [0.15, 0.2) is 0 Å². The number of carbonyl (C=O) groups excluding carboxylic acids is 3. The smallest absolute Gasteiger partial charge is 0.253 e. The van der Waals surface area contributed by atoms with Crippen LogP contribution in [0.5, 0.6) is 0 Å². The van der Waals surface area contributed by atoms with Gasteiger partial charge in [-0.2, -0.15) is 0 Å². The Morgan fingerprint density at radius 3 is 2.33 bits per heavy atom. The minimum absolute atomic E-state index is 0.0364. The van der Waals surface area contributed by atoms with Gasteiger partial charge in [0, 0.05) is 56.4 Å². The van der Waals surface area contributed by atoms with Gasteiger partial charge in [0.2, 0.25) is 5.91 Å². The van der Waals surface area contributed by atoms with Crippen molar-refractivity contribution in [1.29, 1.82) is 0 Å². The highest BCUT2D eigenvalue weighted by molar-refractivity contribution is 5.98. The monoisotopic (exact) mass is 488 g/mol. The van der Waals surface area contributed by atoms with E-state index in [-0.39, 0.29) is 24.3 Å². The number of hydrogen-bond donors (Lipinski definition) is 3. The lowest BCUT2D eigenvalue weighted by molar-refractivity contribution is -0.114. The number of carbonyl (C=O) groups is 3. The molecule has 188 valence electrons. The van der Waals surface area contributed by atoms with Gasteiger partial charge in [-0.3, -0.25) is 14.4 Å². The highest BCUT2D eigenvalue weighted by Crippen LogP contribution is 2.15. The predicted molar refractivity (Wildman–Crippen MR) is 141 cm³/mol. The van der Waals surface area contributed by atoms with Crippen molar-refractivity contribution < 1.29 is 19.1 Å². The van der Waals surface area contributed by atoms with Gasteiger partial charge in [0.1, 0.15) is 0 Å². The first kappa shape index (κ1) is 26.4. The van der Waals surface area contributed by atoms with E-state index < -0.39 is 0 Å². The van der Waals surface area contributed by atoms with E-state index in [0.717, 1.165) is 12.0 Å². The number of anilines is 2. The summed E-state index contributed by atoms with van der Waals surface area (Å²) in [6.07, 6.45) is 0.748. The lowest BCUT2D eigenvalue weighted by Crippen LogP contribution is -2.26. The molecule has 0 aliphatic carbocycles. The van der Waals surface area contributed by atoms with Crippen LogP contribution in [0.1, 0.15) is 32.7 Å². The minimum Gasteiger partial charge on any atom is -0.385 e. The van der Waals surface area contributed by atoms with Crippen molar-refractivity contribution in [3.8, 4) is 0 Å². The van der Waals surface area contributed by atoms with Crippen molar-refractivity contribution in [3.05, 3.63) is 95.6 Å². The molecule has 3 aromatic carbocycles. The molecule has 0 spiro atoms. The zero-order valence-electron chi connectivity index (χ0n) is 20.6. The van der Waals surface area contributed by atoms with Crippen molar-refractivity contribution in [3.63, 3.8) is 0 Å². The summed E-state index contributed by atoms with van der Waals surface area (Å²) in [5, 5.41) is 8.68. The molecule has 0 atom stereocenters. The third kappa shape index (κ3) is 8.25. The van der Waals surface area contributed by atoms with Gasteiger partial charge < -0.3 is 25.6 Å². The van der Waals surface area contributed by atoms with E-state index in [9.17, 15) is 14.4 Å². The van der Waals surface area contributed by atoms with Gasteiger partial charge in [0.05, 0.1) is 6.54 Å². The lowest BCUT2D eigenvalue weighted by atomic mass is 10.1. The number of rotatable bonds is 12. The second-order valence-corrected chi connectivity index (χ2v) is 8.31. The molecule has 0 radical (unpaired) electrons. The number of methoxy groups -OCH3 is 1. The van der Waals surface area contributed by atoms with Gasteiger partial charge in [-0.15, -0.1) is 0 Å². The van der Waals surface area contributed by atoms with Crippen LogP contribution >= 0.6 is 0 Å². The number of amides is 3. The molecule has 0 fully saturated rings. The molecule has 3 aromatic rings. The van der Waals surface area contributed by atoms with E-state index in [2.05, 4.69) is 16.0 Å². The Kier molecular flexibility index (Phi) is 10.0. The van der Waals surface area contributed by atoms with Gasteiger partial charge in [-0.1, -0.05) is 36.4 Å². The maximum absolute atomic E-state index is 12.8. The quantitative estimate of drug-likeness (QED) is 0.337. The Morgan fingerprint density at radius 2 is 1.61 bits per heavy atom. The van der Waals surface area contributed by atoms with Crippen LogP contribution < -0.4 is 16.0 Å². The summed E-state index contributed by atoms with van der Waals surface area (Å²) in [7, 11) is 3.37. The molecule has 0 aliphatic heterocycles. The Balaban J connectivity index is 1.48. The van der Waals surface area contributed by atoms with E-state index in [1.165, 1.54) is 0 Å². The highest BCUT2D eigenvalue weighted by Gasteiger charge is 2.13. The van der Waals surface area contributed by atoms with Gasteiger partial charge >= 0.3 is 0 Å². The zero-order valence-corrected chi connectivity index (χ0v) is 20.6. The van der Waals surface area contributed by atoms with E-state index >= 15 is 0 Å². The summed E-state index contributed by atoms with van der Waals surface area (Å²) in [5.74, 6) is -0.535. The largest absolute Gasteiger partial charge is 0.385 e. The summed E-state index contributed by atoms with van der Waals surface area (Å²) in [6.45, 7) is 1.67. The first-order valence-corrected chi connectivity index (χ1v) is 11.8. The second kappa shape index (κ2) is 13.7. The molecule has 0 aliphatic rings. The van der Waals surface area contributed by atoms with Gasteiger partial charge in [0.25, 0.3) is 11.8 Å². The fourth-order valence-corrected chi connectivity index (χ4v) is 3.53. The third-order valence-corrected chi connectivity index (χ3v) is 5.41. The molecule has 0 aromatic heterocycles. The number of nitrogens with one attached hydrogen (secondary N) is 3. The Bertz CT molecular complexity index is 1150. The topological polar surface area (TPSA) is 99.8 Å². The summed E-state index contributed by atoms with van der Waals surface area (Å²) in [6, 6.07) is 23.5. The Morgan fingerprint density at radius 1 is 0.861 bits per heavy atom. The lowest BCUT2D eigenvalue weighted by Gasteiger charge is -2.18. The molecule has 3 rings (SSSR count). The summed E-state index contributed by atoms with van der Waals surface area (Å²) >= 11 is 0. The van der Waals surface area contributed by atoms with Crippen molar-refractivity contribution in [2.75, 3.05) is 44.5 Å². The summed E-state index contributed by atoms with van der Waals surface area (Å²) in [4.78, 5) is 39.0. The third-order valence-electron chi connectivity index (χ3n) is 5.41. The molecular formula is C28H32N4O4. The fraction of sp³-hybridized carbons (Fsp3) is 0.250. The van der Waals surface area contributed by atoms with E-state index in [1.807, 2.05) is 30.3 Å². The molecule has 0 bridgehead atoms. The van der Waals surface area contributed by atoms with E-state index in [4.69, 9.17) is 4.74 Å². The Labute approximate surface area is 211 Å². The predicted octanol–water partition coefficient (Wildman–Crippen LogP) is 3.78. The number of ether oxygens (including phenoxy) is 1. The molecule has 36 heavy (non-hydrogen) atoms. The van der Waals surface area contributed by atoms with Crippen LogP contribution in [0.25, 0.3) is 0 Å². The van der Waals surface area contributed by atoms with E-state index in [1.54, 1.807) is 67.6 Å². The molecule has 8 nitrogen and oxygen atoms in total. The van der Waals surface area contributed by atoms with Crippen LogP contribution in [0.4, 0.5) is 11.4 Å². The minimum atomic E-state index is -0.253. The van der Waals surface area contributed by atoms with Crippen LogP contribution in [-0.2, 0) is 16.1 Å². The maximum atomic E-state index is 12.8. The molecule has 0 heterocycles. The van der Waals surface area contributed by atoms with Crippen LogP contribution in [0.15, 0.2) is 78.9 Å². The van der Waals surface area contributed by atoms with Crippen LogP contribution in [0.2, 0.25) is 0 Å². The molecule has 0 unspecified atom stereocenters. The summed E-state index contributed by atoms with van der Waals surface area (Å²) in [5.41, 5.74) is 3.34. The van der Waals surface area contributed by atoms with Crippen molar-refractivity contribution >= 4 is 29.1 Å².